The molecule has 8 amide bonds. The van der Waals surface area contributed by atoms with Crippen LogP contribution in [0.4, 0.5) is 0 Å². The zero-order valence-corrected chi connectivity index (χ0v) is 80.8. The van der Waals surface area contributed by atoms with Crippen LogP contribution in [0.5, 0.6) is 11.5 Å². The van der Waals surface area contributed by atoms with Crippen LogP contribution in [-0.4, -0.2) is 247 Å². The number of nitrogens with two attached hydrogens (primary N) is 2. The number of nitrogens with zero attached hydrogens (tertiary/aromatic N) is 4. The van der Waals surface area contributed by atoms with Gasteiger partial charge in [-0.3, -0.25) is 77.5 Å². The molecule has 10 heterocycles. The monoisotopic (exact) mass is 1970 g/mol. The lowest BCUT2D eigenvalue weighted by molar-refractivity contribution is -0.146. The summed E-state index contributed by atoms with van der Waals surface area (Å²) in [5.41, 5.74) is 16.8. The second-order valence-corrected chi connectivity index (χ2v) is 33.2. The van der Waals surface area contributed by atoms with Crippen LogP contribution in [0.25, 0.3) is 21.8 Å². The Hall–Kier alpha value is -14.1. The summed E-state index contributed by atoms with van der Waals surface area (Å²) in [6.07, 6.45) is 21.1. The summed E-state index contributed by atoms with van der Waals surface area (Å²) in [6, 6.07) is 23.3. The van der Waals surface area contributed by atoms with Crippen LogP contribution >= 0.6 is 24.8 Å². The van der Waals surface area contributed by atoms with Gasteiger partial charge in [0.1, 0.15) is 58.9 Å². The predicted molar refractivity (Wildman–Crippen MR) is 511 cm³/mol. The summed E-state index contributed by atoms with van der Waals surface area (Å²) in [5, 5.41) is 40.6. The maximum absolute atomic E-state index is 13.4. The summed E-state index contributed by atoms with van der Waals surface area (Å²) in [6.45, 7) is 7.86. The van der Waals surface area contributed by atoms with Crippen molar-refractivity contribution >= 4 is 141 Å². The number of carboxylic acids is 2. The highest BCUT2D eigenvalue weighted by atomic mass is 35.5. The number of nitrogens with one attached hydrogen (secondary N) is 10. The van der Waals surface area contributed by atoms with Gasteiger partial charge in [-0.2, -0.15) is 0 Å². The minimum atomic E-state index is -1.02. The molecule has 5 aliphatic rings. The van der Waals surface area contributed by atoms with Crippen LogP contribution in [0.1, 0.15) is 141 Å². The number of ether oxygens (including phenoxy) is 7. The average Bonchev–Trinajstić information content (AvgIpc) is 1.66. The summed E-state index contributed by atoms with van der Waals surface area (Å²) in [4.78, 5) is 210. The molecule has 754 valence electrons. The number of aromatic carboxylic acids is 1. The summed E-state index contributed by atoms with van der Waals surface area (Å²) >= 11 is 0. The van der Waals surface area contributed by atoms with Crippen molar-refractivity contribution in [3.8, 4) is 11.5 Å². The number of Topliss-reactive ketones (excluding diaryl/α,β-unsaturated/α-hetero) is 1. The quantitative estimate of drug-likeness (QED) is 0.0177. The molecule has 0 spiro atoms. The Kier molecular flexibility index (Phi) is 49.7. The topological polar surface area (TPSA) is 610 Å². The molecule has 13 rings (SSSR count). The highest BCUT2D eigenvalue weighted by Gasteiger charge is 2.38. The molecule has 6 aromatic heterocycles. The Morgan fingerprint density at radius 2 is 0.770 bits per heavy atom. The van der Waals surface area contributed by atoms with E-state index in [2.05, 4.69) is 81.9 Å². The summed E-state index contributed by atoms with van der Waals surface area (Å²) in [7, 11) is 9.51. The van der Waals surface area contributed by atoms with Gasteiger partial charge in [0.15, 0.2) is 0 Å². The maximum atomic E-state index is 13.4. The highest BCUT2D eigenvalue weighted by molar-refractivity contribution is 6.02. The first-order valence-electron chi connectivity index (χ1n) is 44.7. The van der Waals surface area contributed by atoms with Crippen molar-refractivity contribution in [2.45, 2.75) is 160 Å². The SMILES string of the molecule is COC(=O)[C@@H](C)C[C@@H]1CCNC1=O.COC(=O)[C@@H](N)C[C@@H]1CCNC1=O.COC(=O)[C@H](C[C@@H]1CCCC1=O)NC(=O)[C@H](Cc1cccnc1)NC(=O)c1cc2c(OC)cccc2[nH]1.COC(=O)[C@H](C[C@@H]1CCNC1=O)NC(=O)[C@@H](C)Cc1cccnc1.COC(=O)[C@H](C[C@@H]1CCNC1=O)NC(=O)[C@@H](N)Cc1cccnc1.COc1cccc2[nH]c(C(=O)O)cc12.C[C@@H](Cc1cccnc1)C(=O)O.Cl.Cl. The van der Waals surface area contributed by atoms with Crippen molar-refractivity contribution < 1.29 is 120 Å². The number of amides is 8. The molecule has 139 heavy (non-hydrogen) atoms. The number of carbonyl (C=O) groups is 16. The highest BCUT2D eigenvalue weighted by Crippen LogP contribution is 2.30. The Morgan fingerprint density at radius 3 is 1.14 bits per heavy atom. The van der Waals surface area contributed by atoms with E-state index >= 15 is 0 Å². The third kappa shape index (κ3) is 37.4. The van der Waals surface area contributed by atoms with Gasteiger partial charge in [-0.15, -0.1) is 24.8 Å². The van der Waals surface area contributed by atoms with Gasteiger partial charge < -0.3 is 107 Å². The smallest absolute Gasteiger partial charge is 0.352 e. The predicted octanol–water partition coefficient (Wildman–Crippen LogP) is 5.31. The van der Waals surface area contributed by atoms with Crippen LogP contribution in [-0.2, 0) is 116 Å². The lowest BCUT2D eigenvalue weighted by Crippen LogP contribution is -2.53. The number of carbonyl (C=O) groups excluding carboxylic acids is 14. The van der Waals surface area contributed by atoms with E-state index < -0.39 is 89.8 Å². The number of fused-ring (bicyclic) bond motifs is 2. The number of aliphatic carboxylic acids is 1. The largest absolute Gasteiger partial charge is 0.496 e. The number of aromatic nitrogens is 6. The Bertz CT molecular complexity index is 5220. The molecule has 0 radical (unpaired) electrons. The fourth-order valence-corrected chi connectivity index (χ4v) is 15.5. The van der Waals surface area contributed by atoms with Gasteiger partial charge in [-0.25, -0.2) is 19.2 Å². The van der Waals surface area contributed by atoms with Crippen molar-refractivity contribution in [1.29, 1.82) is 0 Å². The van der Waals surface area contributed by atoms with Crippen molar-refractivity contribution in [3.63, 3.8) is 0 Å². The maximum Gasteiger partial charge on any atom is 0.352 e. The lowest BCUT2D eigenvalue weighted by atomic mass is 9.95. The van der Waals surface area contributed by atoms with E-state index in [0.29, 0.717) is 94.4 Å². The molecule has 1 aliphatic carbocycles. The van der Waals surface area contributed by atoms with E-state index in [-0.39, 0.29) is 151 Å². The van der Waals surface area contributed by atoms with Crippen molar-refractivity contribution in [2.24, 2.45) is 58.8 Å². The van der Waals surface area contributed by atoms with E-state index in [9.17, 15) is 76.7 Å². The van der Waals surface area contributed by atoms with E-state index in [1.165, 1.54) is 35.5 Å². The third-order valence-electron chi connectivity index (χ3n) is 23.2. The molecule has 41 nitrogen and oxygen atoms in total. The number of benzene rings is 2. The second kappa shape index (κ2) is 59.8. The number of pyridine rings is 4. The van der Waals surface area contributed by atoms with Crippen molar-refractivity contribution in [3.05, 3.63) is 180 Å². The van der Waals surface area contributed by atoms with Crippen LogP contribution < -0.4 is 63.5 Å². The minimum Gasteiger partial charge on any atom is -0.496 e. The lowest BCUT2D eigenvalue weighted by Gasteiger charge is -2.23. The van der Waals surface area contributed by atoms with Gasteiger partial charge in [-0.05, 0) is 173 Å². The van der Waals surface area contributed by atoms with Crippen molar-refractivity contribution in [2.75, 3.05) is 75.9 Å². The first-order valence-corrected chi connectivity index (χ1v) is 44.7. The number of hydrogen-bond acceptors (Lipinski definition) is 29. The molecule has 0 bridgehead atoms. The number of carboxylic acid groups (broad SMARTS) is 2. The Balaban J connectivity index is 0.000000297. The average molecular weight is 1980 g/mol. The molecule has 4 saturated heterocycles. The van der Waals surface area contributed by atoms with Crippen molar-refractivity contribution in [1.82, 2.24) is 72.4 Å². The third-order valence-corrected chi connectivity index (χ3v) is 23.2. The van der Waals surface area contributed by atoms with E-state index in [1.807, 2.05) is 48.5 Å². The van der Waals surface area contributed by atoms with Crippen LogP contribution in [0.3, 0.4) is 0 Å². The van der Waals surface area contributed by atoms with E-state index in [0.717, 1.165) is 64.4 Å². The number of rotatable bonds is 35. The number of halogens is 2. The number of hydrogen-bond donors (Lipinski definition) is 14. The Morgan fingerprint density at radius 1 is 0.396 bits per heavy atom. The number of esters is 5. The molecule has 16 N–H and O–H groups in total. The van der Waals surface area contributed by atoms with Crippen LogP contribution in [0.15, 0.2) is 147 Å². The normalized spacial score (nSPS) is 17.7. The van der Waals surface area contributed by atoms with Crippen LogP contribution in [0.2, 0.25) is 0 Å². The van der Waals surface area contributed by atoms with Gasteiger partial charge in [-0.1, -0.05) is 57.2 Å². The first kappa shape index (κ1) is 115. The standard InChI is InChI=1S/C27H30N4O6.C17H23N3O4.C16H22N4O4.C10H9NO3.C9H15NO3.C9H11NO2.C8H14N2O3.2ClH/c1-36-24-10-4-8-19-18(24)14-21(29-19)26(34)30-20(12-16-6-5-11-28-15-16)25(33)31-22(27(35)37-2)13-17-7-3-9-23(17)32;1-11(8-12-4-3-6-18-10-12)15(21)20-14(17(23)24-2)9-13-5-7-19-16(13)22;1-24-16(23)13(8-11-4-6-19-14(11)21)20-15(22)12(17)7-10-3-2-5-18-9-10;1-14-9-4-2-3-7-6(9)5-8(11-7)10(12)13;1-6(9(12)13-2)5-7-3-4-10-8(7)11;1-7(9(11)12)5-8-3-2-4-10-6-8;1-13-8(12)6(9)4-5-2-3-10-7(5)11;;/h4-6,8,10-11,14-15,17,20,22,29H,3,7,9,12-13H2,1-2H3,(H,30,34)(H,31,33);3-4,6,10-11,13-14H,5,7-9H2,1-2H3,(H,19,22)(H,20,21);2-3,5,9,11-13H,4,6-8,17H2,1H3,(H,19,21)(H,20,22);2-5,11H,1H3,(H,12,13);6-7H,3-5H2,1-2H3,(H,10,11);2-4,6-7H,5H2,1H3,(H,11,12);5-6H,2-4,9H2,1H3,(H,10,11);2*1H/t17-,20-,22-;11-,13-,14-;11-,12-,13-;;6-,7-;7-;5-,6-;;/m000.000../s1. The number of methoxy groups -OCH3 is 7. The molecular weight excluding hydrogens is 1850 g/mol. The van der Waals surface area contributed by atoms with Crippen LogP contribution in [0, 0.1) is 47.3 Å². The molecule has 43 heteroatoms. The summed E-state index contributed by atoms with van der Waals surface area (Å²) in [5.74, 6) is -6.61. The zero-order valence-electron chi connectivity index (χ0n) is 79.1. The fourth-order valence-electron chi connectivity index (χ4n) is 15.5. The molecule has 4 aliphatic heterocycles. The molecule has 14 atom stereocenters. The summed E-state index contributed by atoms with van der Waals surface area (Å²) < 4.78 is 33.9. The minimum absolute atomic E-state index is 0. The molecule has 1 saturated carbocycles. The molecule has 5 fully saturated rings. The number of H-pyrrole nitrogens is 2. The molecule has 0 unspecified atom stereocenters. The number of ketones is 1. The van der Waals surface area contributed by atoms with Gasteiger partial charge in [0, 0.05) is 146 Å². The Labute approximate surface area is 816 Å². The van der Waals surface area contributed by atoms with Gasteiger partial charge in [0.25, 0.3) is 5.91 Å². The van der Waals surface area contributed by atoms with Gasteiger partial charge >= 0.3 is 41.8 Å². The number of aromatic amines is 2. The molecular formula is C96H126Cl2N16O25. The molecule has 8 aromatic rings. The zero-order chi connectivity index (χ0) is 100. The fraction of sp³-hybridized carbons (Fsp3) is 0.458. The van der Waals surface area contributed by atoms with E-state index in [4.69, 9.17) is 45.4 Å². The first-order chi connectivity index (χ1) is 65.6. The molecule has 2 aromatic carbocycles. The van der Waals surface area contributed by atoms with Gasteiger partial charge in [0.2, 0.25) is 41.4 Å². The second-order valence-electron chi connectivity index (χ2n) is 33.2. The van der Waals surface area contributed by atoms with E-state index in [1.54, 1.807) is 133 Å². The van der Waals surface area contributed by atoms with Gasteiger partial charge in [0.05, 0.1) is 67.6 Å².